The lowest BCUT2D eigenvalue weighted by molar-refractivity contribution is -0.139. The summed E-state index contributed by atoms with van der Waals surface area (Å²) >= 11 is 0. The Morgan fingerprint density at radius 2 is 2.00 bits per heavy atom. The van der Waals surface area contributed by atoms with Gasteiger partial charge in [0, 0.05) is 18.7 Å². The van der Waals surface area contributed by atoms with Crippen LogP contribution in [0.5, 0.6) is 5.75 Å². The highest BCUT2D eigenvalue weighted by molar-refractivity contribution is 5.94. The Kier molecular flexibility index (Phi) is 4.80. The molecule has 0 bridgehead atoms. The molecule has 2 atom stereocenters. The molecular formula is C15H19NO5. The van der Waals surface area contributed by atoms with Gasteiger partial charge in [-0.25, -0.2) is 4.79 Å². The van der Waals surface area contributed by atoms with Crippen molar-refractivity contribution in [3.05, 3.63) is 29.8 Å². The predicted molar refractivity (Wildman–Crippen MR) is 75.5 cm³/mol. The Hall–Kier alpha value is -2.08. The number of hydrogen-bond donors (Lipinski definition) is 1. The lowest BCUT2D eigenvalue weighted by Gasteiger charge is -2.35. The highest BCUT2D eigenvalue weighted by Gasteiger charge is 2.26. The molecule has 0 unspecified atom stereocenters. The summed E-state index contributed by atoms with van der Waals surface area (Å²) in [5.74, 6) is -0.780. The topological polar surface area (TPSA) is 76.1 Å². The molecule has 1 saturated heterocycles. The van der Waals surface area contributed by atoms with Crippen molar-refractivity contribution in [1.29, 1.82) is 0 Å². The van der Waals surface area contributed by atoms with E-state index in [9.17, 15) is 9.59 Å². The van der Waals surface area contributed by atoms with Crippen molar-refractivity contribution in [1.82, 2.24) is 4.90 Å². The van der Waals surface area contributed by atoms with Crippen molar-refractivity contribution >= 4 is 11.9 Å². The zero-order chi connectivity index (χ0) is 15.4. The monoisotopic (exact) mass is 293 g/mol. The van der Waals surface area contributed by atoms with Crippen LogP contribution in [0.15, 0.2) is 24.3 Å². The Bertz CT molecular complexity index is 521. The van der Waals surface area contributed by atoms with E-state index >= 15 is 0 Å². The molecule has 0 aliphatic carbocycles. The quantitative estimate of drug-likeness (QED) is 0.908. The van der Waals surface area contributed by atoms with Gasteiger partial charge < -0.3 is 19.5 Å². The maximum absolute atomic E-state index is 12.5. The van der Waals surface area contributed by atoms with Gasteiger partial charge in [0.05, 0.1) is 12.2 Å². The number of carboxylic acids is 1. The Morgan fingerprint density at radius 1 is 1.33 bits per heavy atom. The van der Waals surface area contributed by atoms with Crippen LogP contribution < -0.4 is 4.74 Å². The molecule has 1 aliphatic heterocycles. The van der Waals surface area contributed by atoms with E-state index in [1.165, 1.54) is 0 Å². The summed E-state index contributed by atoms with van der Waals surface area (Å²) in [6, 6.07) is 6.57. The number of carbonyl (C=O) groups excluding carboxylic acids is 1. The van der Waals surface area contributed by atoms with Gasteiger partial charge in [0.15, 0.2) is 6.61 Å². The molecule has 0 spiro atoms. The smallest absolute Gasteiger partial charge is 0.341 e. The van der Waals surface area contributed by atoms with Crippen LogP contribution in [0.1, 0.15) is 24.2 Å². The van der Waals surface area contributed by atoms with E-state index in [-0.39, 0.29) is 18.1 Å². The number of amides is 1. The molecule has 1 fully saturated rings. The van der Waals surface area contributed by atoms with Crippen LogP contribution in [0, 0.1) is 0 Å². The molecule has 1 heterocycles. The van der Waals surface area contributed by atoms with E-state index in [1.54, 1.807) is 29.2 Å². The van der Waals surface area contributed by atoms with E-state index in [4.69, 9.17) is 14.6 Å². The number of rotatable bonds is 4. The molecule has 1 amide bonds. The lowest BCUT2D eigenvalue weighted by atomic mass is 10.1. The van der Waals surface area contributed by atoms with Crippen molar-refractivity contribution < 1.29 is 24.2 Å². The third kappa shape index (κ3) is 4.19. The average Bonchev–Trinajstić information content (AvgIpc) is 2.43. The maximum atomic E-state index is 12.5. The first-order valence-electron chi connectivity index (χ1n) is 6.85. The second-order valence-electron chi connectivity index (χ2n) is 5.18. The summed E-state index contributed by atoms with van der Waals surface area (Å²) in [4.78, 5) is 24.7. The fraction of sp³-hybridized carbons (Fsp3) is 0.467. The largest absolute Gasteiger partial charge is 0.482 e. The Balaban J connectivity index is 2.08. The number of hydrogen-bond acceptors (Lipinski definition) is 4. The second-order valence-corrected chi connectivity index (χ2v) is 5.18. The molecule has 6 nitrogen and oxygen atoms in total. The number of carboxylic acid groups (broad SMARTS) is 1. The average molecular weight is 293 g/mol. The minimum Gasteiger partial charge on any atom is -0.482 e. The van der Waals surface area contributed by atoms with Crippen LogP contribution in [0.25, 0.3) is 0 Å². The van der Waals surface area contributed by atoms with Crippen LogP contribution in [0.4, 0.5) is 0 Å². The molecular weight excluding hydrogens is 274 g/mol. The van der Waals surface area contributed by atoms with Crippen LogP contribution in [0.3, 0.4) is 0 Å². The van der Waals surface area contributed by atoms with Crippen molar-refractivity contribution in [2.24, 2.45) is 0 Å². The van der Waals surface area contributed by atoms with Gasteiger partial charge in [0.25, 0.3) is 5.91 Å². The van der Waals surface area contributed by atoms with Gasteiger partial charge in [-0.05, 0) is 32.0 Å². The van der Waals surface area contributed by atoms with E-state index in [2.05, 4.69) is 0 Å². The molecule has 6 heteroatoms. The number of ether oxygens (including phenoxy) is 2. The van der Waals surface area contributed by atoms with Gasteiger partial charge in [-0.15, -0.1) is 0 Å². The maximum Gasteiger partial charge on any atom is 0.341 e. The van der Waals surface area contributed by atoms with Gasteiger partial charge in [-0.2, -0.15) is 0 Å². The summed E-state index contributed by atoms with van der Waals surface area (Å²) < 4.78 is 10.7. The van der Waals surface area contributed by atoms with Crippen LogP contribution in [0.2, 0.25) is 0 Å². The van der Waals surface area contributed by atoms with E-state index < -0.39 is 12.6 Å². The molecule has 21 heavy (non-hydrogen) atoms. The third-order valence-electron chi connectivity index (χ3n) is 3.15. The first-order chi connectivity index (χ1) is 9.95. The van der Waals surface area contributed by atoms with Gasteiger partial charge in [-0.1, -0.05) is 6.07 Å². The fourth-order valence-electron chi connectivity index (χ4n) is 2.39. The van der Waals surface area contributed by atoms with Crippen molar-refractivity contribution in [2.75, 3.05) is 19.7 Å². The standard InChI is InChI=1S/C15H19NO5/c1-10-7-16(8-11(2)21-10)15(19)12-4-3-5-13(6-12)20-9-14(17)18/h3-6,10-11H,7-9H2,1-2H3,(H,17,18)/t10-,11+. The Labute approximate surface area is 123 Å². The van der Waals surface area contributed by atoms with Crippen molar-refractivity contribution in [2.45, 2.75) is 26.1 Å². The highest BCUT2D eigenvalue weighted by Crippen LogP contribution is 2.18. The molecule has 1 aromatic carbocycles. The van der Waals surface area contributed by atoms with Crippen LogP contribution in [-0.2, 0) is 9.53 Å². The molecule has 0 radical (unpaired) electrons. The summed E-state index contributed by atoms with van der Waals surface area (Å²) in [6.45, 7) is 4.53. The first kappa shape index (κ1) is 15.3. The zero-order valence-electron chi connectivity index (χ0n) is 12.1. The molecule has 0 saturated carbocycles. The predicted octanol–water partition coefficient (Wildman–Crippen LogP) is 1.40. The number of nitrogens with zero attached hydrogens (tertiary/aromatic N) is 1. The molecule has 2 rings (SSSR count). The summed E-state index contributed by atoms with van der Waals surface area (Å²) in [6.07, 6.45) is 0.00767. The molecule has 0 aromatic heterocycles. The van der Waals surface area contributed by atoms with Gasteiger partial charge in [-0.3, -0.25) is 4.79 Å². The summed E-state index contributed by atoms with van der Waals surface area (Å²) in [7, 11) is 0. The zero-order valence-corrected chi connectivity index (χ0v) is 12.1. The number of aliphatic carboxylic acids is 1. The summed E-state index contributed by atoms with van der Waals surface area (Å²) in [5, 5.41) is 8.60. The number of carbonyl (C=O) groups is 2. The van der Waals surface area contributed by atoms with E-state index in [0.717, 1.165) is 0 Å². The SMILES string of the molecule is C[C@@H]1CN(C(=O)c2cccc(OCC(=O)O)c2)C[C@H](C)O1. The minimum atomic E-state index is -1.05. The minimum absolute atomic E-state index is 0.00384. The molecule has 1 aromatic rings. The molecule has 114 valence electrons. The van der Waals surface area contributed by atoms with Crippen LogP contribution in [-0.4, -0.2) is 53.8 Å². The van der Waals surface area contributed by atoms with Crippen molar-refractivity contribution in [3.8, 4) is 5.75 Å². The van der Waals surface area contributed by atoms with Gasteiger partial charge >= 0.3 is 5.97 Å². The molecule has 1 N–H and O–H groups in total. The highest BCUT2D eigenvalue weighted by atomic mass is 16.5. The fourth-order valence-corrected chi connectivity index (χ4v) is 2.39. The van der Waals surface area contributed by atoms with Gasteiger partial charge in [0.2, 0.25) is 0 Å². The lowest BCUT2D eigenvalue weighted by Crippen LogP contribution is -2.48. The third-order valence-corrected chi connectivity index (χ3v) is 3.15. The Morgan fingerprint density at radius 3 is 2.62 bits per heavy atom. The first-order valence-corrected chi connectivity index (χ1v) is 6.85. The van der Waals surface area contributed by atoms with E-state index in [0.29, 0.717) is 24.4 Å². The number of morpholine rings is 1. The second kappa shape index (κ2) is 6.58. The van der Waals surface area contributed by atoms with Crippen LogP contribution >= 0.6 is 0 Å². The van der Waals surface area contributed by atoms with Gasteiger partial charge in [0.1, 0.15) is 5.75 Å². The number of benzene rings is 1. The van der Waals surface area contributed by atoms with E-state index in [1.807, 2.05) is 13.8 Å². The molecule has 1 aliphatic rings. The summed E-state index contributed by atoms with van der Waals surface area (Å²) in [5.41, 5.74) is 0.485. The normalized spacial score (nSPS) is 21.9. The van der Waals surface area contributed by atoms with Crippen molar-refractivity contribution in [3.63, 3.8) is 0 Å².